The molecule has 0 atom stereocenters. The Labute approximate surface area is 180 Å². The predicted molar refractivity (Wildman–Crippen MR) is 116 cm³/mol. The highest BCUT2D eigenvalue weighted by Crippen LogP contribution is 2.27. The van der Waals surface area contributed by atoms with Gasteiger partial charge in [0.15, 0.2) is 5.89 Å². The number of carbonyl (C=O) groups is 1. The van der Waals surface area contributed by atoms with Crippen molar-refractivity contribution in [3.63, 3.8) is 0 Å². The smallest absolute Gasteiger partial charge is 0.292 e. The van der Waals surface area contributed by atoms with E-state index in [1.165, 1.54) is 12.1 Å². The van der Waals surface area contributed by atoms with Crippen molar-refractivity contribution in [2.24, 2.45) is 0 Å². The number of hydrogen-bond acceptors (Lipinski definition) is 5. The average Bonchev–Trinajstić information content (AvgIpc) is 3.15. The van der Waals surface area contributed by atoms with E-state index in [-0.39, 0.29) is 17.5 Å². The van der Waals surface area contributed by atoms with Crippen molar-refractivity contribution in [3.05, 3.63) is 71.6 Å². The minimum atomic E-state index is -0.874. The third-order valence-electron chi connectivity index (χ3n) is 5.55. The van der Waals surface area contributed by atoms with Gasteiger partial charge in [-0.05, 0) is 55.8 Å². The van der Waals surface area contributed by atoms with Gasteiger partial charge in [0.25, 0.3) is 5.91 Å². The summed E-state index contributed by atoms with van der Waals surface area (Å²) >= 11 is 0. The van der Waals surface area contributed by atoms with Crippen molar-refractivity contribution in [2.75, 3.05) is 31.1 Å². The molecule has 0 saturated carbocycles. The molecule has 7 heteroatoms. The Morgan fingerprint density at radius 3 is 2.23 bits per heavy atom. The van der Waals surface area contributed by atoms with Gasteiger partial charge in [-0.15, -0.1) is 0 Å². The molecule has 1 aliphatic rings. The van der Waals surface area contributed by atoms with Crippen LogP contribution < -0.4 is 4.90 Å². The molecule has 162 valence electrons. The number of aromatic nitrogens is 1. The second kappa shape index (κ2) is 8.15. The summed E-state index contributed by atoms with van der Waals surface area (Å²) in [5.74, 6) is 0.0285. The van der Waals surface area contributed by atoms with Crippen LogP contribution in [0.3, 0.4) is 0 Å². The van der Waals surface area contributed by atoms with Crippen LogP contribution in [0.1, 0.15) is 35.9 Å². The fourth-order valence-electron chi connectivity index (χ4n) is 3.77. The Bertz CT molecular complexity index is 1060. The van der Waals surface area contributed by atoms with Crippen molar-refractivity contribution in [2.45, 2.75) is 26.4 Å². The molecule has 1 saturated heterocycles. The molecule has 1 fully saturated rings. The first-order valence-electron chi connectivity index (χ1n) is 10.3. The van der Waals surface area contributed by atoms with Gasteiger partial charge in [0.1, 0.15) is 11.5 Å². The van der Waals surface area contributed by atoms with Crippen LogP contribution in [0.2, 0.25) is 0 Å². The molecule has 2 aromatic carbocycles. The van der Waals surface area contributed by atoms with Crippen molar-refractivity contribution < 1.29 is 18.7 Å². The van der Waals surface area contributed by atoms with Gasteiger partial charge >= 0.3 is 0 Å². The minimum absolute atomic E-state index is 0.187. The van der Waals surface area contributed by atoms with Crippen molar-refractivity contribution in [1.29, 1.82) is 0 Å². The van der Waals surface area contributed by atoms with Gasteiger partial charge in [0.05, 0.1) is 5.60 Å². The molecular weight excluding hydrogens is 397 g/mol. The molecule has 3 aromatic rings. The van der Waals surface area contributed by atoms with E-state index in [2.05, 4.69) is 9.88 Å². The molecular formula is C24H26FN3O3. The summed E-state index contributed by atoms with van der Waals surface area (Å²) in [7, 11) is 0. The summed E-state index contributed by atoms with van der Waals surface area (Å²) in [6.07, 6.45) is 0. The van der Waals surface area contributed by atoms with Crippen LogP contribution >= 0.6 is 0 Å². The molecule has 1 N–H and O–H groups in total. The van der Waals surface area contributed by atoms with E-state index in [1.807, 2.05) is 24.3 Å². The average molecular weight is 423 g/mol. The van der Waals surface area contributed by atoms with Gasteiger partial charge in [-0.25, -0.2) is 9.37 Å². The van der Waals surface area contributed by atoms with E-state index in [4.69, 9.17) is 4.42 Å². The van der Waals surface area contributed by atoms with Crippen LogP contribution in [-0.4, -0.2) is 47.1 Å². The third-order valence-corrected chi connectivity index (χ3v) is 5.55. The molecule has 1 amide bonds. The normalized spacial score (nSPS) is 14.7. The molecule has 0 spiro atoms. The lowest BCUT2D eigenvalue weighted by Gasteiger charge is -2.36. The van der Waals surface area contributed by atoms with Crippen molar-refractivity contribution in [1.82, 2.24) is 9.88 Å². The van der Waals surface area contributed by atoms with E-state index in [0.717, 1.165) is 11.3 Å². The highest BCUT2D eigenvalue weighted by atomic mass is 19.1. The number of oxazole rings is 1. The quantitative estimate of drug-likeness (QED) is 0.687. The van der Waals surface area contributed by atoms with E-state index < -0.39 is 5.60 Å². The fourth-order valence-corrected chi connectivity index (χ4v) is 3.77. The monoisotopic (exact) mass is 423 g/mol. The molecule has 2 heterocycles. The summed E-state index contributed by atoms with van der Waals surface area (Å²) in [4.78, 5) is 21.5. The van der Waals surface area contributed by atoms with E-state index in [9.17, 15) is 14.3 Å². The van der Waals surface area contributed by atoms with E-state index in [1.54, 1.807) is 37.8 Å². The van der Waals surface area contributed by atoms with Gasteiger partial charge in [-0.2, -0.15) is 0 Å². The summed E-state index contributed by atoms with van der Waals surface area (Å²) in [5.41, 5.74) is 2.13. The first kappa shape index (κ1) is 21.1. The van der Waals surface area contributed by atoms with Gasteiger partial charge in [-0.1, -0.05) is 12.1 Å². The maximum Gasteiger partial charge on any atom is 0.292 e. The number of benzene rings is 2. The maximum atomic E-state index is 13.3. The van der Waals surface area contributed by atoms with Crippen LogP contribution in [-0.2, 0) is 5.60 Å². The number of hydrogen-bond donors (Lipinski definition) is 1. The topological polar surface area (TPSA) is 69.8 Å². The van der Waals surface area contributed by atoms with Gasteiger partial charge in [0, 0.05) is 44.4 Å². The number of rotatable bonds is 4. The highest BCUT2D eigenvalue weighted by Gasteiger charge is 2.28. The van der Waals surface area contributed by atoms with Crippen LogP contribution in [0.25, 0.3) is 11.3 Å². The third kappa shape index (κ3) is 4.46. The molecule has 0 unspecified atom stereocenters. The van der Waals surface area contributed by atoms with Gasteiger partial charge in [0.2, 0.25) is 5.76 Å². The molecule has 4 rings (SSSR count). The SMILES string of the molecule is Cc1nc(-c2ccc(F)cc2)c(C(=O)N2CCN(c3ccc(C(C)(C)O)cc3)CC2)o1. The Morgan fingerprint density at radius 1 is 1.03 bits per heavy atom. The number of halogens is 1. The maximum absolute atomic E-state index is 13.3. The number of aryl methyl sites for hydroxylation is 1. The van der Waals surface area contributed by atoms with Crippen molar-refractivity contribution in [3.8, 4) is 11.3 Å². The van der Waals surface area contributed by atoms with Crippen LogP contribution in [0.15, 0.2) is 52.9 Å². The number of amides is 1. The lowest BCUT2D eigenvalue weighted by molar-refractivity contribution is 0.0713. The van der Waals surface area contributed by atoms with Crippen molar-refractivity contribution >= 4 is 11.6 Å². The first-order valence-corrected chi connectivity index (χ1v) is 10.3. The zero-order valence-electron chi connectivity index (χ0n) is 17.9. The second-order valence-corrected chi connectivity index (χ2v) is 8.30. The summed E-state index contributed by atoms with van der Waals surface area (Å²) < 4.78 is 18.9. The van der Waals surface area contributed by atoms with Crippen LogP contribution in [0, 0.1) is 12.7 Å². The van der Waals surface area contributed by atoms with Gasteiger partial charge in [-0.3, -0.25) is 4.79 Å². The molecule has 6 nitrogen and oxygen atoms in total. The van der Waals surface area contributed by atoms with Crippen LogP contribution in [0.5, 0.6) is 0 Å². The zero-order valence-corrected chi connectivity index (χ0v) is 17.9. The second-order valence-electron chi connectivity index (χ2n) is 8.30. The summed E-state index contributed by atoms with van der Waals surface area (Å²) in [5, 5.41) is 10.1. The van der Waals surface area contributed by atoms with E-state index >= 15 is 0 Å². The number of carbonyl (C=O) groups excluding carboxylic acids is 1. The fraction of sp³-hybridized carbons (Fsp3) is 0.333. The molecule has 1 aliphatic heterocycles. The Morgan fingerprint density at radius 2 is 1.65 bits per heavy atom. The predicted octanol–water partition coefficient (Wildman–Crippen LogP) is 3.98. The molecule has 0 aliphatic carbocycles. The summed E-state index contributed by atoms with van der Waals surface area (Å²) in [6.45, 7) is 7.69. The Hall–Kier alpha value is -3.19. The number of piperazine rings is 1. The van der Waals surface area contributed by atoms with E-state index in [0.29, 0.717) is 43.3 Å². The van der Waals surface area contributed by atoms with Gasteiger partial charge < -0.3 is 19.3 Å². The first-order chi connectivity index (χ1) is 14.7. The Balaban J connectivity index is 1.46. The number of aliphatic hydroxyl groups is 1. The number of anilines is 1. The van der Waals surface area contributed by atoms with Crippen LogP contribution in [0.4, 0.5) is 10.1 Å². The molecule has 0 bridgehead atoms. The lowest BCUT2D eigenvalue weighted by Crippen LogP contribution is -2.48. The summed E-state index contributed by atoms with van der Waals surface area (Å²) in [6, 6.07) is 13.7. The highest BCUT2D eigenvalue weighted by molar-refractivity contribution is 5.97. The lowest BCUT2D eigenvalue weighted by atomic mass is 9.98. The Kier molecular flexibility index (Phi) is 5.54. The number of nitrogens with zero attached hydrogens (tertiary/aromatic N) is 3. The zero-order chi connectivity index (χ0) is 22.2. The molecule has 0 radical (unpaired) electrons. The minimum Gasteiger partial charge on any atom is -0.435 e. The standard InChI is InChI=1S/C24H26FN3O3/c1-16-26-21(17-4-8-19(25)9-5-17)22(31-16)23(29)28-14-12-27(13-15-28)20-10-6-18(7-11-20)24(2,3)30/h4-11,30H,12-15H2,1-3H3. The molecule has 31 heavy (non-hydrogen) atoms. The molecule has 1 aromatic heterocycles. The largest absolute Gasteiger partial charge is 0.435 e.